The molecule has 32 heavy (non-hydrogen) atoms. The first-order valence-corrected chi connectivity index (χ1v) is 10.9. The Morgan fingerprint density at radius 1 is 1.16 bits per heavy atom. The van der Waals surface area contributed by atoms with E-state index in [0.717, 1.165) is 43.3 Å². The van der Waals surface area contributed by atoms with Crippen LogP contribution in [0.3, 0.4) is 0 Å². The van der Waals surface area contributed by atoms with E-state index in [-0.39, 0.29) is 24.0 Å². The first kappa shape index (κ1) is 24.2. The van der Waals surface area contributed by atoms with E-state index in [9.17, 15) is 0 Å². The summed E-state index contributed by atoms with van der Waals surface area (Å²) >= 11 is 0. The summed E-state index contributed by atoms with van der Waals surface area (Å²) in [6.45, 7) is 5.18. The average molecular weight is 545 g/mol. The van der Waals surface area contributed by atoms with Crippen molar-refractivity contribution in [3.8, 4) is 11.4 Å². The summed E-state index contributed by atoms with van der Waals surface area (Å²) in [6.07, 6.45) is 3.75. The summed E-state index contributed by atoms with van der Waals surface area (Å²) in [4.78, 5) is 11.2. The van der Waals surface area contributed by atoms with Crippen molar-refractivity contribution in [2.75, 3.05) is 20.1 Å². The molecule has 0 saturated carbocycles. The molecule has 2 aromatic carbocycles. The smallest absolute Gasteiger partial charge is 0.191 e. The van der Waals surface area contributed by atoms with E-state index in [0.29, 0.717) is 18.6 Å². The van der Waals surface area contributed by atoms with Crippen molar-refractivity contribution in [2.45, 2.75) is 38.4 Å². The van der Waals surface area contributed by atoms with Crippen molar-refractivity contribution in [3.05, 3.63) is 72.1 Å². The molecule has 1 aliphatic rings. The minimum absolute atomic E-state index is 0. The number of aliphatic imine (C=N–C) groups is 1. The number of rotatable bonds is 6. The zero-order valence-electron chi connectivity index (χ0n) is 18.7. The van der Waals surface area contributed by atoms with Crippen LogP contribution in [0.2, 0.25) is 0 Å². The van der Waals surface area contributed by atoms with Crippen LogP contribution < -0.4 is 10.6 Å². The number of nitrogens with one attached hydrogen (secondary N) is 3. The van der Waals surface area contributed by atoms with Gasteiger partial charge in [0, 0.05) is 44.3 Å². The molecule has 3 N–H and O–H groups in total. The topological polar surface area (TPSA) is 81.2 Å². The fourth-order valence-corrected chi connectivity index (χ4v) is 4.12. The number of hydrogen-bond donors (Lipinski definition) is 3. The number of halogens is 1. The Labute approximate surface area is 207 Å². The molecule has 0 bridgehead atoms. The minimum atomic E-state index is 0. The first-order valence-electron chi connectivity index (χ1n) is 10.9. The summed E-state index contributed by atoms with van der Waals surface area (Å²) in [5.74, 6) is 1.63. The predicted octanol–water partition coefficient (Wildman–Crippen LogP) is 3.98. The molecular formula is C24H32IN7. The lowest BCUT2D eigenvalue weighted by Crippen LogP contribution is -2.48. The third-order valence-electron chi connectivity index (χ3n) is 6.00. The maximum absolute atomic E-state index is 4.42. The van der Waals surface area contributed by atoms with Crippen LogP contribution in [0.5, 0.6) is 0 Å². The van der Waals surface area contributed by atoms with Crippen LogP contribution in [0.1, 0.15) is 36.9 Å². The third-order valence-corrected chi connectivity index (χ3v) is 6.00. The van der Waals surface area contributed by atoms with Crippen LogP contribution in [0.25, 0.3) is 11.4 Å². The van der Waals surface area contributed by atoms with Gasteiger partial charge < -0.3 is 10.6 Å². The number of piperidine rings is 1. The third kappa shape index (κ3) is 6.29. The van der Waals surface area contributed by atoms with E-state index in [1.54, 1.807) is 0 Å². The number of hydrogen-bond acceptors (Lipinski definition) is 4. The zero-order valence-corrected chi connectivity index (χ0v) is 21.0. The lowest BCUT2D eigenvalue weighted by Gasteiger charge is -2.37. The molecule has 4 rings (SSSR count). The van der Waals surface area contributed by atoms with E-state index in [1.165, 1.54) is 17.5 Å². The van der Waals surface area contributed by atoms with E-state index in [1.807, 2.05) is 19.2 Å². The predicted molar refractivity (Wildman–Crippen MR) is 140 cm³/mol. The van der Waals surface area contributed by atoms with E-state index < -0.39 is 0 Å². The normalized spacial score (nSPS) is 16.2. The fourth-order valence-electron chi connectivity index (χ4n) is 4.12. The number of aromatic nitrogens is 3. The Bertz CT molecular complexity index is 967. The highest BCUT2D eigenvalue weighted by Crippen LogP contribution is 2.24. The summed E-state index contributed by atoms with van der Waals surface area (Å²) in [7, 11) is 1.83. The highest BCUT2D eigenvalue weighted by Gasteiger charge is 2.24. The number of aromatic amines is 1. The van der Waals surface area contributed by atoms with Gasteiger partial charge in [0.25, 0.3) is 0 Å². The highest BCUT2D eigenvalue weighted by molar-refractivity contribution is 14.0. The van der Waals surface area contributed by atoms with Gasteiger partial charge in [-0.1, -0.05) is 48.5 Å². The zero-order chi connectivity index (χ0) is 21.5. The maximum Gasteiger partial charge on any atom is 0.191 e. The fraction of sp³-hybridized carbons (Fsp3) is 0.375. The molecule has 1 unspecified atom stereocenters. The maximum atomic E-state index is 4.42. The largest absolute Gasteiger partial charge is 0.354 e. The molecule has 3 aromatic rings. The molecule has 0 aliphatic carbocycles. The monoisotopic (exact) mass is 545 g/mol. The molecular weight excluding hydrogens is 513 g/mol. The number of H-pyrrole nitrogens is 1. The second-order valence-corrected chi connectivity index (χ2v) is 8.00. The SMILES string of the molecule is CN=C(NCc1cccc(-c2ncn[nH]2)c1)NC1CCN(C(C)c2ccccc2)CC1.I. The van der Waals surface area contributed by atoms with Gasteiger partial charge in [0.2, 0.25) is 0 Å². The molecule has 1 saturated heterocycles. The lowest BCUT2D eigenvalue weighted by atomic mass is 10.0. The van der Waals surface area contributed by atoms with Crippen LogP contribution in [0.15, 0.2) is 65.9 Å². The molecule has 0 radical (unpaired) electrons. The van der Waals surface area contributed by atoms with Crippen molar-refractivity contribution in [1.82, 2.24) is 30.7 Å². The second-order valence-electron chi connectivity index (χ2n) is 8.00. The van der Waals surface area contributed by atoms with Gasteiger partial charge in [-0.15, -0.1) is 24.0 Å². The Hall–Kier alpha value is -2.46. The van der Waals surface area contributed by atoms with Crippen LogP contribution in [0.4, 0.5) is 0 Å². The Morgan fingerprint density at radius 3 is 2.62 bits per heavy atom. The molecule has 8 heteroatoms. The van der Waals surface area contributed by atoms with E-state index in [4.69, 9.17) is 0 Å². The van der Waals surface area contributed by atoms with E-state index in [2.05, 4.69) is 85.1 Å². The molecule has 0 spiro atoms. The number of nitrogens with zero attached hydrogens (tertiary/aromatic N) is 4. The summed E-state index contributed by atoms with van der Waals surface area (Å²) in [5, 5.41) is 13.9. The quantitative estimate of drug-likeness (QED) is 0.248. The molecule has 170 valence electrons. The van der Waals surface area contributed by atoms with Crippen molar-refractivity contribution < 1.29 is 0 Å². The Balaban J connectivity index is 0.00000289. The first-order chi connectivity index (χ1) is 15.2. The molecule has 7 nitrogen and oxygen atoms in total. The molecule has 1 atom stereocenters. The molecule has 1 fully saturated rings. The van der Waals surface area contributed by atoms with Crippen molar-refractivity contribution in [3.63, 3.8) is 0 Å². The Morgan fingerprint density at radius 2 is 1.94 bits per heavy atom. The van der Waals surface area contributed by atoms with Gasteiger partial charge in [0.05, 0.1) is 0 Å². The van der Waals surface area contributed by atoms with Gasteiger partial charge in [-0.3, -0.25) is 15.0 Å². The highest BCUT2D eigenvalue weighted by atomic mass is 127. The number of guanidine groups is 1. The number of likely N-dealkylation sites (tertiary alicyclic amines) is 1. The van der Waals surface area contributed by atoms with Gasteiger partial charge in [0.1, 0.15) is 6.33 Å². The molecule has 0 amide bonds. The molecule has 2 heterocycles. The second kappa shape index (κ2) is 12.0. The number of benzene rings is 2. The van der Waals surface area contributed by atoms with Gasteiger partial charge in [-0.25, -0.2) is 4.98 Å². The summed E-state index contributed by atoms with van der Waals surface area (Å²) in [5.41, 5.74) is 3.59. The van der Waals surface area contributed by atoms with Gasteiger partial charge in [0.15, 0.2) is 11.8 Å². The van der Waals surface area contributed by atoms with Crippen molar-refractivity contribution in [2.24, 2.45) is 4.99 Å². The average Bonchev–Trinajstić information content (AvgIpc) is 3.38. The van der Waals surface area contributed by atoms with Crippen molar-refractivity contribution in [1.29, 1.82) is 0 Å². The summed E-state index contributed by atoms with van der Waals surface area (Å²) in [6, 6.07) is 19.9. The van der Waals surface area contributed by atoms with Crippen LogP contribution in [0, 0.1) is 0 Å². The van der Waals surface area contributed by atoms with Crippen LogP contribution in [-0.2, 0) is 6.54 Å². The molecule has 1 aliphatic heterocycles. The van der Waals surface area contributed by atoms with Gasteiger partial charge in [-0.05, 0) is 37.0 Å². The van der Waals surface area contributed by atoms with Crippen LogP contribution >= 0.6 is 24.0 Å². The van der Waals surface area contributed by atoms with E-state index >= 15 is 0 Å². The standard InChI is InChI=1S/C24H31N7.HI/c1-18(20-8-4-3-5-9-20)31-13-11-22(12-14-31)29-24(25-2)26-16-19-7-6-10-21(15-19)23-27-17-28-30-23;/h3-10,15,17-18,22H,11-14,16H2,1-2H3,(H2,25,26,29)(H,27,28,30);1H. The van der Waals surface area contributed by atoms with Gasteiger partial charge in [-0.2, -0.15) is 5.10 Å². The Kier molecular flexibility index (Phi) is 9.04. The van der Waals surface area contributed by atoms with Crippen molar-refractivity contribution >= 4 is 29.9 Å². The van der Waals surface area contributed by atoms with Gasteiger partial charge >= 0.3 is 0 Å². The minimum Gasteiger partial charge on any atom is -0.354 e. The molecule has 1 aromatic heterocycles. The van der Waals surface area contributed by atoms with Crippen LogP contribution in [-0.4, -0.2) is 52.2 Å². The lowest BCUT2D eigenvalue weighted by molar-refractivity contribution is 0.158. The summed E-state index contributed by atoms with van der Waals surface area (Å²) < 4.78 is 0.